The van der Waals surface area contributed by atoms with E-state index in [9.17, 15) is 0 Å². The lowest BCUT2D eigenvalue weighted by molar-refractivity contribution is 0.0483. The van der Waals surface area contributed by atoms with Crippen LogP contribution >= 0.6 is 0 Å². The van der Waals surface area contributed by atoms with Crippen LogP contribution in [0.4, 0.5) is 0 Å². The fourth-order valence-corrected chi connectivity index (χ4v) is 1.07. The Morgan fingerprint density at radius 1 is 1.18 bits per heavy atom. The van der Waals surface area contributed by atoms with Crippen molar-refractivity contribution in [2.24, 2.45) is 0 Å². The van der Waals surface area contributed by atoms with Crippen molar-refractivity contribution in [3.8, 4) is 0 Å². The normalized spacial score (nSPS) is 21.8. The largest absolute Gasteiger partial charge is 0.381 e. The van der Waals surface area contributed by atoms with Gasteiger partial charge in [-0.2, -0.15) is 0 Å². The first-order chi connectivity index (χ1) is 5.27. The van der Waals surface area contributed by atoms with Crippen LogP contribution in [0.2, 0.25) is 0 Å². The van der Waals surface area contributed by atoms with Crippen molar-refractivity contribution in [2.75, 3.05) is 20.3 Å². The first-order valence-corrected chi connectivity index (χ1v) is 4.53. The van der Waals surface area contributed by atoms with Crippen LogP contribution in [-0.4, -0.2) is 25.8 Å². The van der Waals surface area contributed by atoms with Crippen molar-refractivity contribution >= 4 is 0 Å². The zero-order valence-electron chi connectivity index (χ0n) is 8.24. The van der Waals surface area contributed by atoms with Gasteiger partial charge in [0.1, 0.15) is 0 Å². The quantitative estimate of drug-likeness (QED) is 0.630. The minimum Gasteiger partial charge on any atom is -0.381 e. The van der Waals surface area contributed by atoms with Crippen LogP contribution < -0.4 is 5.32 Å². The maximum absolute atomic E-state index is 5.23. The second-order valence-electron chi connectivity index (χ2n) is 2.92. The van der Waals surface area contributed by atoms with Gasteiger partial charge < -0.3 is 10.1 Å². The molecule has 0 radical (unpaired) electrons. The molecule has 0 saturated carbocycles. The summed E-state index contributed by atoms with van der Waals surface area (Å²) in [6.45, 7) is 8.07. The molecule has 0 atom stereocenters. The van der Waals surface area contributed by atoms with E-state index in [0.717, 1.165) is 26.1 Å². The van der Waals surface area contributed by atoms with Crippen molar-refractivity contribution in [1.82, 2.24) is 5.32 Å². The van der Waals surface area contributed by atoms with Gasteiger partial charge in [0.15, 0.2) is 0 Å². The van der Waals surface area contributed by atoms with Gasteiger partial charge in [0.05, 0.1) is 0 Å². The molecular weight excluding hydrogens is 138 g/mol. The SMILES string of the molecule is CC.CNC1(C)CCOCC1. The Kier molecular flexibility index (Phi) is 5.51. The van der Waals surface area contributed by atoms with Gasteiger partial charge in [-0.05, 0) is 26.8 Å². The molecule has 0 aromatic carbocycles. The van der Waals surface area contributed by atoms with Gasteiger partial charge in [-0.3, -0.25) is 0 Å². The van der Waals surface area contributed by atoms with Crippen LogP contribution in [-0.2, 0) is 4.74 Å². The highest BCUT2D eigenvalue weighted by Gasteiger charge is 2.24. The van der Waals surface area contributed by atoms with E-state index in [1.165, 1.54) is 0 Å². The summed E-state index contributed by atoms with van der Waals surface area (Å²) in [6.07, 6.45) is 2.28. The summed E-state index contributed by atoms with van der Waals surface area (Å²) < 4.78 is 5.23. The zero-order valence-corrected chi connectivity index (χ0v) is 8.24. The first-order valence-electron chi connectivity index (χ1n) is 4.53. The van der Waals surface area contributed by atoms with Crippen molar-refractivity contribution < 1.29 is 4.74 Å². The molecule has 0 amide bonds. The molecule has 0 spiro atoms. The molecule has 0 aromatic heterocycles. The van der Waals surface area contributed by atoms with E-state index in [-0.39, 0.29) is 0 Å². The van der Waals surface area contributed by atoms with Crippen LogP contribution in [0.25, 0.3) is 0 Å². The molecule has 0 aromatic rings. The van der Waals surface area contributed by atoms with E-state index in [1.54, 1.807) is 0 Å². The van der Waals surface area contributed by atoms with Gasteiger partial charge in [0, 0.05) is 18.8 Å². The summed E-state index contributed by atoms with van der Waals surface area (Å²) in [5, 5.41) is 3.30. The lowest BCUT2D eigenvalue weighted by Gasteiger charge is -2.32. The average molecular weight is 159 g/mol. The molecule has 0 unspecified atom stereocenters. The zero-order chi connectivity index (χ0) is 8.74. The fraction of sp³-hybridized carbons (Fsp3) is 1.00. The lowest BCUT2D eigenvalue weighted by Crippen LogP contribution is -2.44. The van der Waals surface area contributed by atoms with E-state index < -0.39 is 0 Å². The Hall–Kier alpha value is -0.0800. The maximum atomic E-state index is 5.23. The molecule has 11 heavy (non-hydrogen) atoms. The third-order valence-electron chi connectivity index (χ3n) is 2.20. The monoisotopic (exact) mass is 159 g/mol. The second kappa shape index (κ2) is 5.56. The summed E-state index contributed by atoms with van der Waals surface area (Å²) >= 11 is 0. The predicted molar refractivity (Wildman–Crippen MR) is 48.9 cm³/mol. The smallest absolute Gasteiger partial charge is 0.0483 e. The summed E-state index contributed by atoms with van der Waals surface area (Å²) in [7, 11) is 2.02. The van der Waals surface area contributed by atoms with Gasteiger partial charge in [-0.1, -0.05) is 13.8 Å². The van der Waals surface area contributed by atoms with Gasteiger partial charge in [-0.25, -0.2) is 0 Å². The van der Waals surface area contributed by atoms with E-state index in [4.69, 9.17) is 4.74 Å². The maximum Gasteiger partial charge on any atom is 0.0483 e. The Morgan fingerprint density at radius 2 is 1.64 bits per heavy atom. The molecule has 1 N–H and O–H groups in total. The van der Waals surface area contributed by atoms with E-state index in [1.807, 2.05) is 20.9 Å². The van der Waals surface area contributed by atoms with Gasteiger partial charge >= 0.3 is 0 Å². The summed E-state index contributed by atoms with van der Waals surface area (Å²) in [5.41, 5.74) is 0.345. The molecule has 1 rings (SSSR count). The third-order valence-corrected chi connectivity index (χ3v) is 2.20. The summed E-state index contributed by atoms with van der Waals surface area (Å²) in [5.74, 6) is 0. The Morgan fingerprint density at radius 3 is 1.91 bits per heavy atom. The van der Waals surface area contributed by atoms with Crippen molar-refractivity contribution in [2.45, 2.75) is 39.2 Å². The van der Waals surface area contributed by atoms with E-state index in [2.05, 4.69) is 12.2 Å². The number of rotatable bonds is 1. The van der Waals surface area contributed by atoms with E-state index >= 15 is 0 Å². The van der Waals surface area contributed by atoms with Crippen molar-refractivity contribution in [1.29, 1.82) is 0 Å². The predicted octanol–water partition coefficient (Wildman–Crippen LogP) is 1.80. The summed E-state index contributed by atoms with van der Waals surface area (Å²) in [4.78, 5) is 0. The lowest BCUT2D eigenvalue weighted by atomic mass is 9.93. The highest BCUT2D eigenvalue weighted by atomic mass is 16.5. The van der Waals surface area contributed by atoms with Crippen LogP contribution in [0, 0.1) is 0 Å². The molecule has 2 heteroatoms. The number of nitrogens with one attached hydrogen (secondary N) is 1. The third kappa shape index (κ3) is 3.73. The molecule has 68 valence electrons. The molecule has 0 bridgehead atoms. The van der Waals surface area contributed by atoms with Crippen molar-refractivity contribution in [3.05, 3.63) is 0 Å². The molecule has 1 heterocycles. The minimum atomic E-state index is 0.345. The molecule has 2 nitrogen and oxygen atoms in total. The molecule has 0 aliphatic carbocycles. The molecule has 1 aliphatic rings. The minimum absolute atomic E-state index is 0.345. The van der Waals surface area contributed by atoms with Crippen LogP contribution in [0.5, 0.6) is 0 Å². The Bertz CT molecular complexity index is 87.6. The average Bonchev–Trinajstić information content (AvgIpc) is 2.10. The van der Waals surface area contributed by atoms with Crippen molar-refractivity contribution in [3.63, 3.8) is 0 Å². The van der Waals surface area contributed by atoms with Gasteiger partial charge in [0.25, 0.3) is 0 Å². The van der Waals surface area contributed by atoms with Crippen LogP contribution in [0.1, 0.15) is 33.6 Å². The second-order valence-corrected chi connectivity index (χ2v) is 2.92. The van der Waals surface area contributed by atoms with E-state index in [0.29, 0.717) is 5.54 Å². The molecule has 1 aliphatic heterocycles. The highest BCUT2D eigenvalue weighted by Crippen LogP contribution is 2.18. The van der Waals surface area contributed by atoms with Crippen LogP contribution in [0.15, 0.2) is 0 Å². The Balaban J connectivity index is 0.000000461. The molecule has 1 saturated heterocycles. The molecule has 1 fully saturated rings. The topological polar surface area (TPSA) is 21.3 Å². The first kappa shape index (κ1) is 10.9. The Labute approximate surface area is 70.3 Å². The highest BCUT2D eigenvalue weighted by molar-refractivity contribution is 4.83. The molecular formula is C9H21NO. The van der Waals surface area contributed by atoms with Gasteiger partial charge in [-0.15, -0.1) is 0 Å². The number of ether oxygens (including phenoxy) is 1. The fourth-order valence-electron chi connectivity index (χ4n) is 1.07. The van der Waals surface area contributed by atoms with Crippen LogP contribution in [0.3, 0.4) is 0 Å². The number of hydrogen-bond donors (Lipinski definition) is 1. The standard InChI is InChI=1S/C7H15NO.C2H6/c1-7(8-2)3-5-9-6-4-7;1-2/h8H,3-6H2,1-2H3;1-2H3. The number of hydrogen-bond acceptors (Lipinski definition) is 2. The van der Waals surface area contributed by atoms with Gasteiger partial charge in [0.2, 0.25) is 0 Å². The summed E-state index contributed by atoms with van der Waals surface area (Å²) in [6, 6.07) is 0.